The maximum Gasteiger partial charge on any atom is 0.230 e. The number of aromatic nitrogens is 6. The first kappa shape index (κ1) is 34.1. The van der Waals surface area contributed by atoms with Crippen molar-refractivity contribution >= 4 is 44.8 Å². The third-order valence-electron chi connectivity index (χ3n) is 8.69. The van der Waals surface area contributed by atoms with E-state index in [1.54, 1.807) is 6.92 Å². The summed E-state index contributed by atoms with van der Waals surface area (Å²) in [5.41, 5.74) is 0. The maximum absolute atomic E-state index is 14.7. The molecule has 18 heteroatoms. The van der Waals surface area contributed by atoms with Gasteiger partial charge in [0.25, 0.3) is 0 Å². The number of amides is 2. The lowest BCUT2D eigenvalue weighted by molar-refractivity contribution is -0.116. The van der Waals surface area contributed by atoms with Crippen LogP contribution in [0.3, 0.4) is 0 Å². The molecule has 0 aliphatic carbocycles. The number of aryl methyl sites for hydroxylation is 2. The van der Waals surface area contributed by atoms with Gasteiger partial charge in [-0.3, -0.25) is 19.4 Å². The molecule has 0 bridgehead atoms. The number of rotatable bonds is 13. The average Bonchev–Trinajstić information content (AvgIpc) is 3.86. The first-order valence-corrected chi connectivity index (χ1v) is 17.6. The van der Waals surface area contributed by atoms with Gasteiger partial charge >= 0.3 is 0 Å². The standard InChI is InChI=1S/C30H38F2N10O4S2/c1-15-7-19(9-23-34-18(4)45-39-23)11-41(15)14-22-28(32)38-30(48-22)36-25(44)5-6-26-35-24(40-46-26)10-20-8-16(2)42(12-20)13-21-27(31)37-29(47-21)33-17(3)43/h15-16,19-20H,5-14H2,1-4H3,(H,33,37,43)(H,36,38,44)/t15-,16-,19+,20-/m0/s1. The molecule has 0 unspecified atom stereocenters. The number of nitrogens with zero attached hydrogens (tertiary/aromatic N) is 8. The molecule has 4 aromatic rings. The van der Waals surface area contributed by atoms with Crippen molar-refractivity contribution in [3.8, 4) is 0 Å². The number of carbonyl (C=O) groups is 2. The lowest BCUT2D eigenvalue weighted by Crippen LogP contribution is -2.26. The minimum atomic E-state index is -0.576. The van der Waals surface area contributed by atoms with Crippen molar-refractivity contribution in [2.24, 2.45) is 11.8 Å². The second kappa shape index (κ2) is 14.8. The second-order valence-corrected chi connectivity index (χ2v) is 14.9. The maximum atomic E-state index is 14.7. The van der Waals surface area contributed by atoms with Gasteiger partial charge < -0.3 is 19.7 Å². The van der Waals surface area contributed by atoms with Crippen molar-refractivity contribution in [3.63, 3.8) is 0 Å². The lowest BCUT2D eigenvalue weighted by Gasteiger charge is -2.19. The highest BCUT2D eigenvalue weighted by Gasteiger charge is 2.33. The average molecular weight is 705 g/mol. The van der Waals surface area contributed by atoms with E-state index in [2.05, 4.69) is 64.5 Å². The summed E-state index contributed by atoms with van der Waals surface area (Å²) in [6.07, 6.45) is 3.45. The Morgan fingerprint density at radius 3 is 1.92 bits per heavy atom. The van der Waals surface area contributed by atoms with Gasteiger partial charge in [0.1, 0.15) is 0 Å². The highest BCUT2D eigenvalue weighted by atomic mass is 32.1. The van der Waals surface area contributed by atoms with Gasteiger partial charge in [-0.25, -0.2) is 0 Å². The normalized spacial score (nSPS) is 21.7. The highest BCUT2D eigenvalue weighted by molar-refractivity contribution is 7.16. The number of nitrogens with one attached hydrogen (secondary N) is 2. The summed E-state index contributed by atoms with van der Waals surface area (Å²) in [4.78, 5) is 45.8. The predicted molar refractivity (Wildman–Crippen MR) is 172 cm³/mol. The van der Waals surface area contributed by atoms with Gasteiger partial charge in [-0.1, -0.05) is 33.0 Å². The summed E-state index contributed by atoms with van der Waals surface area (Å²) in [5, 5.41) is 13.8. The van der Waals surface area contributed by atoms with E-state index in [9.17, 15) is 18.4 Å². The van der Waals surface area contributed by atoms with Gasteiger partial charge in [0, 0.05) is 77.8 Å². The van der Waals surface area contributed by atoms with Gasteiger partial charge in [0.05, 0.1) is 9.75 Å². The zero-order chi connectivity index (χ0) is 33.9. The molecule has 2 aliphatic rings. The molecule has 6 heterocycles. The molecule has 6 rings (SSSR count). The Bertz CT molecular complexity index is 1740. The smallest absolute Gasteiger partial charge is 0.230 e. The number of carbonyl (C=O) groups excluding carboxylic acids is 2. The first-order valence-electron chi connectivity index (χ1n) is 15.9. The fraction of sp³-hybridized carbons (Fsp3) is 0.600. The van der Waals surface area contributed by atoms with Crippen LogP contribution in [-0.2, 0) is 41.9 Å². The van der Waals surface area contributed by atoms with Crippen molar-refractivity contribution in [2.45, 2.75) is 91.4 Å². The van der Waals surface area contributed by atoms with Crippen LogP contribution in [0.15, 0.2) is 9.05 Å². The molecule has 0 saturated carbocycles. The van der Waals surface area contributed by atoms with Crippen LogP contribution in [0.5, 0.6) is 0 Å². The van der Waals surface area contributed by atoms with E-state index in [1.165, 1.54) is 6.92 Å². The van der Waals surface area contributed by atoms with Gasteiger partial charge in [0.2, 0.25) is 35.5 Å². The number of hydrogen-bond acceptors (Lipinski definition) is 14. The zero-order valence-corrected chi connectivity index (χ0v) is 28.8. The van der Waals surface area contributed by atoms with Crippen LogP contribution in [0.1, 0.15) is 73.2 Å². The summed E-state index contributed by atoms with van der Waals surface area (Å²) in [6, 6.07) is 0.478. The van der Waals surface area contributed by atoms with Crippen molar-refractivity contribution in [1.29, 1.82) is 0 Å². The summed E-state index contributed by atoms with van der Waals surface area (Å²) < 4.78 is 39.6. The van der Waals surface area contributed by atoms with Crippen LogP contribution in [0.25, 0.3) is 0 Å². The summed E-state index contributed by atoms with van der Waals surface area (Å²) in [5.74, 6) is 0.978. The molecule has 0 radical (unpaired) electrons. The first-order chi connectivity index (χ1) is 23.0. The van der Waals surface area contributed by atoms with Gasteiger partial charge in [-0.05, 0) is 38.5 Å². The molecule has 0 spiro atoms. The van der Waals surface area contributed by atoms with Crippen LogP contribution in [0.4, 0.5) is 19.0 Å². The molecular weight excluding hydrogens is 667 g/mol. The van der Waals surface area contributed by atoms with E-state index < -0.39 is 11.9 Å². The van der Waals surface area contributed by atoms with Crippen LogP contribution in [0.2, 0.25) is 0 Å². The van der Waals surface area contributed by atoms with Gasteiger partial charge in [0.15, 0.2) is 21.9 Å². The number of halogens is 2. The fourth-order valence-corrected chi connectivity index (χ4v) is 8.28. The highest BCUT2D eigenvalue weighted by Crippen LogP contribution is 2.32. The molecule has 4 aromatic heterocycles. The Labute approximate surface area is 283 Å². The van der Waals surface area contributed by atoms with Gasteiger partial charge in [-0.2, -0.15) is 28.7 Å². The Kier molecular flexibility index (Phi) is 10.5. The molecule has 2 N–H and O–H groups in total. The van der Waals surface area contributed by atoms with E-state index in [-0.39, 0.29) is 52.9 Å². The third kappa shape index (κ3) is 8.64. The molecule has 14 nitrogen and oxygen atoms in total. The van der Waals surface area contributed by atoms with Crippen LogP contribution in [0, 0.1) is 30.7 Å². The van der Waals surface area contributed by atoms with Crippen LogP contribution >= 0.6 is 22.7 Å². The fourth-order valence-electron chi connectivity index (χ4n) is 6.48. The van der Waals surface area contributed by atoms with E-state index in [0.29, 0.717) is 65.0 Å². The lowest BCUT2D eigenvalue weighted by atomic mass is 10.0. The molecule has 2 aliphatic heterocycles. The van der Waals surface area contributed by atoms with E-state index in [4.69, 9.17) is 9.05 Å². The minimum Gasteiger partial charge on any atom is -0.340 e. The number of anilines is 2. The van der Waals surface area contributed by atoms with Crippen molar-refractivity contribution in [3.05, 3.63) is 45.1 Å². The summed E-state index contributed by atoms with van der Waals surface area (Å²) >= 11 is 2.28. The summed E-state index contributed by atoms with van der Waals surface area (Å²) in [6.45, 7) is 9.66. The molecule has 2 saturated heterocycles. The van der Waals surface area contributed by atoms with Crippen molar-refractivity contribution < 1.29 is 27.4 Å². The molecule has 2 fully saturated rings. The van der Waals surface area contributed by atoms with Crippen LogP contribution < -0.4 is 10.6 Å². The van der Waals surface area contributed by atoms with Crippen molar-refractivity contribution in [1.82, 2.24) is 40.0 Å². The molecule has 0 aromatic carbocycles. The molecule has 2 amide bonds. The molecular formula is C30H38F2N10O4S2. The molecule has 48 heavy (non-hydrogen) atoms. The quantitative estimate of drug-likeness (QED) is 0.202. The topological polar surface area (TPSA) is 168 Å². The van der Waals surface area contributed by atoms with Gasteiger partial charge in [-0.15, -0.1) is 0 Å². The van der Waals surface area contributed by atoms with Crippen molar-refractivity contribution in [2.75, 3.05) is 23.7 Å². The SMILES string of the molecule is CC(=O)Nc1nc(F)c(CN2C[C@H](Cc3noc(CCC(=O)Nc4nc(F)c(CN5C[C@@H](Cc6noc(C)n6)C[C@@H]5C)s4)n3)C[C@@H]2C)s1. The number of likely N-dealkylation sites (tertiary alicyclic amines) is 2. The predicted octanol–water partition coefficient (Wildman–Crippen LogP) is 4.39. The third-order valence-corrected chi connectivity index (χ3v) is 10.6. The Hall–Kier alpha value is -3.74. The largest absolute Gasteiger partial charge is 0.340 e. The number of thiazole rings is 2. The number of hydrogen-bond donors (Lipinski definition) is 2. The zero-order valence-electron chi connectivity index (χ0n) is 27.2. The van der Waals surface area contributed by atoms with E-state index in [0.717, 1.165) is 48.6 Å². The minimum absolute atomic E-state index is 0.0771. The Balaban J connectivity index is 0.936. The molecule has 4 atom stereocenters. The monoisotopic (exact) mass is 704 g/mol. The van der Waals surface area contributed by atoms with E-state index >= 15 is 0 Å². The molecule has 258 valence electrons. The van der Waals surface area contributed by atoms with Crippen LogP contribution in [-0.4, -0.2) is 77.0 Å². The Morgan fingerprint density at radius 1 is 0.833 bits per heavy atom. The Morgan fingerprint density at radius 2 is 1.38 bits per heavy atom. The van der Waals surface area contributed by atoms with E-state index in [1.807, 2.05) is 0 Å². The second-order valence-electron chi connectivity index (χ2n) is 12.7. The summed E-state index contributed by atoms with van der Waals surface area (Å²) in [7, 11) is 0.